The Labute approximate surface area is 121 Å². The maximum atomic E-state index is 10.7. The number of amides is 1. The minimum Gasteiger partial charge on any atom is -0.497 e. The van der Waals surface area contributed by atoms with Crippen LogP contribution in [0.2, 0.25) is 0 Å². The van der Waals surface area contributed by atoms with E-state index in [0.29, 0.717) is 12.2 Å². The number of carbonyl (C=O) groups excluding carboxylic acids is 1. The standard InChI is InChI=1S/C13H16N4O2S/c1-17-12(9-3-5-10(19-2)6-4-9)15-16-13(17)20-8-7-11(14)18/h3-6H,7-8H2,1-2H3,(H2,14,18). The van der Waals surface area contributed by atoms with Crippen LogP contribution < -0.4 is 10.5 Å². The van der Waals surface area contributed by atoms with Gasteiger partial charge in [0.15, 0.2) is 11.0 Å². The molecule has 2 N–H and O–H groups in total. The average Bonchev–Trinajstić information content (AvgIpc) is 2.80. The molecule has 0 fully saturated rings. The van der Waals surface area contributed by atoms with Gasteiger partial charge in [0.2, 0.25) is 5.91 Å². The maximum Gasteiger partial charge on any atom is 0.218 e. The van der Waals surface area contributed by atoms with Crippen molar-refractivity contribution in [2.24, 2.45) is 12.8 Å². The smallest absolute Gasteiger partial charge is 0.218 e. The Morgan fingerprint density at radius 3 is 2.65 bits per heavy atom. The zero-order valence-corrected chi connectivity index (χ0v) is 12.2. The van der Waals surface area contributed by atoms with E-state index in [-0.39, 0.29) is 5.91 Å². The number of hydrogen-bond acceptors (Lipinski definition) is 5. The minimum absolute atomic E-state index is 0.310. The lowest BCUT2D eigenvalue weighted by Crippen LogP contribution is -2.11. The number of thioether (sulfide) groups is 1. The highest BCUT2D eigenvalue weighted by Crippen LogP contribution is 2.24. The second-order valence-electron chi connectivity index (χ2n) is 4.16. The van der Waals surface area contributed by atoms with Gasteiger partial charge >= 0.3 is 0 Å². The highest BCUT2D eigenvalue weighted by atomic mass is 32.2. The Morgan fingerprint density at radius 1 is 1.35 bits per heavy atom. The van der Waals surface area contributed by atoms with Gasteiger partial charge in [0, 0.05) is 24.8 Å². The summed E-state index contributed by atoms with van der Waals surface area (Å²) in [5.41, 5.74) is 6.07. The first-order valence-electron chi connectivity index (χ1n) is 6.06. The molecule has 0 saturated carbocycles. The first kappa shape index (κ1) is 14.4. The predicted octanol–water partition coefficient (Wildman–Crippen LogP) is 1.46. The van der Waals surface area contributed by atoms with Crippen molar-refractivity contribution in [1.82, 2.24) is 14.8 Å². The zero-order chi connectivity index (χ0) is 14.5. The van der Waals surface area contributed by atoms with Crippen LogP contribution >= 0.6 is 11.8 Å². The lowest BCUT2D eigenvalue weighted by Gasteiger charge is -2.04. The Hall–Kier alpha value is -2.02. The minimum atomic E-state index is -0.310. The van der Waals surface area contributed by atoms with Crippen LogP contribution in [0.4, 0.5) is 0 Å². The number of methoxy groups -OCH3 is 1. The highest BCUT2D eigenvalue weighted by molar-refractivity contribution is 7.99. The summed E-state index contributed by atoms with van der Waals surface area (Å²) >= 11 is 1.46. The van der Waals surface area contributed by atoms with Crippen LogP contribution in [0.3, 0.4) is 0 Å². The fraction of sp³-hybridized carbons (Fsp3) is 0.308. The first-order chi connectivity index (χ1) is 9.61. The Morgan fingerprint density at radius 2 is 2.05 bits per heavy atom. The number of benzene rings is 1. The summed E-state index contributed by atoms with van der Waals surface area (Å²) in [5, 5.41) is 9.06. The molecule has 1 heterocycles. The molecule has 6 nitrogen and oxygen atoms in total. The number of hydrogen-bond donors (Lipinski definition) is 1. The van der Waals surface area contributed by atoms with Crippen LogP contribution in [0.25, 0.3) is 11.4 Å². The Bertz CT molecular complexity index is 595. The Kier molecular flexibility index (Phi) is 4.62. The molecule has 0 spiro atoms. The lowest BCUT2D eigenvalue weighted by molar-refractivity contribution is -0.117. The molecule has 1 aromatic heterocycles. The molecule has 0 radical (unpaired) electrons. The largest absolute Gasteiger partial charge is 0.497 e. The summed E-state index contributed by atoms with van der Waals surface area (Å²) in [7, 11) is 3.52. The number of nitrogens with two attached hydrogens (primary N) is 1. The highest BCUT2D eigenvalue weighted by Gasteiger charge is 2.11. The first-order valence-corrected chi connectivity index (χ1v) is 7.05. The normalized spacial score (nSPS) is 10.5. The summed E-state index contributed by atoms with van der Waals surface area (Å²) in [6.45, 7) is 0. The molecule has 0 aliphatic rings. The number of ether oxygens (including phenoxy) is 1. The molecular weight excluding hydrogens is 276 g/mol. The molecule has 0 aliphatic carbocycles. The van der Waals surface area contributed by atoms with Crippen molar-refractivity contribution < 1.29 is 9.53 Å². The second kappa shape index (κ2) is 6.42. The van der Waals surface area contributed by atoms with Crippen molar-refractivity contribution >= 4 is 17.7 Å². The summed E-state index contributed by atoms with van der Waals surface area (Å²) in [5.74, 6) is 1.86. The fourth-order valence-corrected chi connectivity index (χ4v) is 2.54. The molecule has 7 heteroatoms. The van der Waals surface area contributed by atoms with E-state index in [9.17, 15) is 4.79 Å². The van der Waals surface area contributed by atoms with Gasteiger partial charge in [-0.3, -0.25) is 4.79 Å². The van der Waals surface area contributed by atoms with Gasteiger partial charge in [-0.2, -0.15) is 0 Å². The van der Waals surface area contributed by atoms with Crippen molar-refractivity contribution in [3.05, 3.63) is 24.3 Å². The van der Waals surface area contributed by atoms with Crippen molar-refractivity contribution in [1.29, 1.82) is 0 Å². The van der Waals surface area contributed by atoms with E-state index in [1.807, 2.05) is 35.9 Å². The molecule has 2 rings (SSSR count). The number of rotatable bonds is 6. The monoisotopic (exact) mass is 292 g/mol. The van der Waals surface area contributed by atoms with Gasteiger partial charge in [0.05, 0.1) is 7.11 Å². The van der Waals surface area contributed by atoms with Crippen molar-refractivity contribution in [3.8, 4) is 17.1 Å². The average molecular weight is 292 g/mol. The molecule has 1 amide bonds. The molecule has 106 valence electrons. The van der Waals surface area contributed by atoms with E-state index in [1.165, 1.54) is 11.8 Å². The molecule has 20 heavy (non-hydrogen) atoms. The van der Waals surface area contributed by atoms with Gasteiger partial charge in [-0.25, -0.2) is 0 Å². The maximum absolute atomic E-state index is 10.7. The summed E-state index contributed by atoms with van der Waals surface area (Å²) in [6, 6.07) is 7.62. The fourth-order valence-electron chi connectivity index (χ4n) is 1.67. The molecule has 0 unspecified atom stereocenters. The summed E-state index contributed by atoms with van der Waals surface area (Å²) in [4.78, 5) is 10.7. The molecule has 1 aromatic carbocycles. The van der Waals surface area contributed by atoms with E-state index in [1.54, 1.807) is 7.11 Å². The van der Waals surface area contributed by atoms with Gasteiger partial charge < -0.3 is 15.0 Å². The number of nitrogens with zero attached hydrogens (tertiary/aromatic N) is 3. The quantitative estimate of drug-likeness (QED) is 0.815. The molecule has 0 bridgehead atoms. The predicted molar refractivity (Wildman–Crippen MR) is 77.5 cm³/mol. The van der Waals surface area contributed by atoms with Crippen LogP contribution in [0.1, 0.15) is 6.42 Å². The zero-order valence-electron chi connectivity index (χ0n) is 11.4. The topological polar surface area (TPSA) is 83.0 Å². The van der Waals surface area contributed by atoms with Gasteiger partial charge in [-0.05, 0) is 24.3 Å². The van der Waals surface area contributed by atoms with E-state index in [0.717, 1.165) is 22.3 Å². The number of primary amides is 1. The van der Waals surface area contributed by atoms with Crippen LogP contribution in [0.15, 0.2) is 29.4 Å². The van der Waals surface area contributed by atoms with Crippen molar-refractivity contribution in [3.63, 3.8) is 0 Å². The third-order valence-electron chi connectivity index (χ3n) is 2.76. The molecule has 2 aromatic rings. The molecule has 0 atom stereocenters. The Balaban J connectivity index is 2.12. The van der Waals surface area contributed by atoms with Gasteiger partial charge in [0.25, 0.3) is 0 Å². The SMILES string of the molecule is COc1ccc(-c2nnc(SCCC(N)=O)n2C)cc1. The van der Waals surface area contributed by atoms with Gasteiger partial charge in [0.1, 0.15) is 5.75 Å². The third kappa shape index (κ3) is 3.30. The molecule has 0 aliphatic heterocycles. The van der Waals surface area contributed by atoms with Crippen LogP contribution in [-0.2, 0) is 11.8 Å². The van der Waals surface area contributed by atoms with E-state index < -0.39 is 0 Å². The van der Waals surface area contributed by atoms with Gasteiger partial charge in [-0.15, -0.1) is 10.2 Å². The number of aromatic nitrogens is 3. The van der Waals surface area contributed by atoms with E-state index in [2.05, 4.69) is 10.2 Å². The molecule has 0 saturated heterocycles. The van der Waals surface area contributed by atoms with Crippen LogP contribution in [0.5, 0.6) is 5.75 Å². The molecular formula is C13H16N4O2S. The van der Waals surface area contributed by atoms with Crippen molar-refractivity contribution in [2.45, 2.75) is 11.6 Å². The summed E-state index contributed by atoms with van der Waals surface area (Å²) in [6.07, 6.45) is 0.329. The second-order valence-corrected chi connectivity index (χ2v) is 5.22. The third-order valence-corrected chi connectivity index (χ3v) is 3.78. The van der Waals surface area contributed by atoms with E-state index >= 15 is 0 Å². The van der Waals surface area contributed by atoms with Crippen molar-refractivity contribution in [2.75, 3.05) is 12.9 Å². The lowest BCUT2D eigenvalue weighted by atomic mass is 10.2. The van der Waals surface area contributed by atoms with Crippen LogP contribution in [-0.4, -0.2) is 33.5 Å². The van der Waals surface area contributed by atoms with Gasteiger partial charge in [-0.1, -0.05) is 11.8 Å². The summed E-state index contributed by atoms with van der Waals surface area (Å²) < 4.78 is 7.02. The van der Waals surface area contributed by atoms with Crippen LogP contribution in [0, 0.1) is 0 Å². The number of carbonyl (C=O) groups is 1. The van der Waals surface area contributed by atoms with E-state index in [4.69, 9.17) is 10.5 Å².